The number of hydrogen-bond donors (Lipinski definition) is 2. The Bertz CT molecular complexity index is 525. The Balaban J connectivity index is 2.02. The van der Waals surface area contributed by atoms with Gasteiger partial charge in [0.05, 0.1) is 11.5 Å². The molecular weight excluding hydrogens is 232 g/mol. The molecule has 0 bridgehead atoms. The number of non-ortho nitro benzene ring substituents is 1. The smallest absolute Gasteiger partial charge is 0.269 e. The van der Waals surface area contributed by atoms with Crippen molar-refractivity contribution in [1.82, 2.24) is 15.3 Å². The first kappa shape index (κ1) is 12.3. The van der Waals surface area contributed by atoms with Crippen molar-refractivity contribution >= 4 is 5.69 Å². The molecule has 6 heteroatoms. The summed E-state index contributed by atoms with van der Waals surface area (Å²) in [5, 5.41) is 13.9. The van der Waals surface area contributed by atoms with Gasteiger partial charge in [0.15, 0.2) is 0 Å². The Morgan fingerprint density at radius 1 is 1.56 bits per heavy atom. The Morgan fingerprint density at radius 2 is 2.39 bits per heavy atom. The molecule has 2 rings (SSSR count). The summed E-state index contributed by atoms with van der Waals surface area (Å²) >= 11 is 0. The third kappa shape index (κ3) is 2.92. The van der Waals surface area contributed by atoms with Crippen LogP contribution >= 0.6 is 0 Å². The zero-order valence-corrected chi connectivity index (χ0v) is 9.96. The molecule has 0 aliphatic heterocycles. The summed E-state index contributed by atoms with van der Waals surface area (Å²) in [4.78, 5) is 17.4. The number of nitro groups is 1. The van der Waals surface area contributed by atoms with Crippen molar-refractivity contribution in [2.75, 3.05) is 0 Å². The predicted molar refractivity (Wildman–Crippen MR) is 66.9 cm³/mol. The van der Waals surface area contributed by atoms with E-state index in [-0.39, 0.29) is 16.7 Å². The summed E-state index contributed by atoms with van der Waals surface area (Å²) < 4.78 is 0. The molecule has 1 heterocycles. The highest BCUT2D eigenvalue weighted by atomic mass is 16.6. The molecule has 1 atom stereocenters. The molecule has 2 N–H and O–H groups in total. The second kappa shape index (κ2) is 5.42. The maximum absolute atomic E-state index is 10.7. The van der Waals surface area contributed by atoms with Crippen molar-refractivity contribution < 1.29 is 4.92 Å². The van der Waals surface area contributed by atoms with Crippen LogP contribution in [0.5, 0.6) is 0 Å². The van der Waals surface area contributed by atoms with Gasteiger partial charge in [0, 0.05) is 30.6 Å². The van der Waals surface area contributed by atoms with Crippen LogP contribution in [0.25, 0.3) is 0 Å². The first-order valence-corrected chi connectivity index (χ1v) is 5.63. The fourth-order valence-electron chi connectivity index (χ4n) is 1.67. The second-order valence-electron chi connectivity index (χ2n) is 3.99. The number of nitro benzene ring substituents is 1. The molecular formula is C12H14N4O2. The van der Waals surface area contributed by atoms with Gasteiger partial charge >= 0.3 is 0 Å². The van der Waals surface area contributed by atoms with E-state index in [9.17, 15) is 10.1 Å². The number of rotatable bonds is 5. The fraction of sp³-hybridized carbons (Fsp3) is 0.250. The molecule has 0 saturated heterocycles. The van der Waals surface area contributed by atoms with E-state index in [0.717, 1.165) is 11.4 Å². The van der Waals surface area contributed by atoms with Crippen molar-refractivity contribution in [3.05, 3.63) is 58.2 Å². The highest BCUT2D eigenvalue weighted by Crippen LogP contribution is 2.18. The van der Waals surface area contributed by atoms with E-state index in [4.69, 9.17) is 0 Å². The summed E-state index contributed by atoms with van der Waals surface area (Å²) in [7, 11) is 0. The van der Waals surface area contributed by atoms with E-state index in [2.05, 4.69) is 15.3 Å². The quantitative estimate of drug-likeness (QED) is 0.625. The van der Waals surface area contributed by atoms with Gasteiger partial charge in [-0.1, -0.05) is 12.1 Å². The highest BCUT2D eigenvalue weighted by Gasteiger charge is 2.10. The van der Waals surface area contributed by atoms with E-state index in [1.54, 1.807) is 24.5 Å². The van der Waals surface area contributed by atoms with E-state index in [1.807, 2.05) is 13.0 Å². The Hall–Kier alpha value is -2.21. The lowest BCUT2D eigenvalue weighted by Crippen LogP contribution is -2.18. The number of aromatic amines is 1. The lowest BCUT2D eigenvalue weighted by molar-refractivity contribution is -0.384. The number of benzene rings is 1. The number of H-pyrrole nitrogens is 1. The molecule has 0 fully saturated rings. The van der Waals surface area contributed by atoms with Crippen LogP contribution in [0, 0.1) is 10.1 Å². The van der Waals surface area contributed by atoms with E-state index in [0.29, 0.717) is 6.54 Å². The number of nitrogens with one attached hydrogen (secondary N) is 2. The zero-order chi connectivity index (χ0) is 13.0. The lowest BCUT2D eigenvalue weighted by Gasteiger charge is -2.12. The molecule has 0 radical (unpaired) electrons. The molecule has 94 valence electrons. The van der Waals surface area contributed by atoms with Crippen molar-refractivity contribution in [2.24, 2.45) is 0 Å². The minimum atomic E-state index is -0.386. The Kier molecular flexibility index (Phi) is 3.69. The first-order chi connectivity index (χ1) is 8.66. The van der Waals surface area contributed by atoms with Crippen molar-refractivity contribution in [2.45, 2.75) is 19.5 Å². The summed E-state index contributed by atoms with van der Waals surface area (Å²) in [5.74, 6) is 0.840. The van der Waals surface area contributed by atoms with Crippen LogP contribution in [0.4, 0.5) is 5.69 Å². The monoisotopic (exact) mass is 246 g/mol. The van der Waals surface area contributed by atoms with Gasteiger partial charge in [0.1, 0.15) is 5.82 Å². The molecule has 1 unspecified atom stereocenters. The van der Waals surface area contributed by atoms with Crippen LogP contribution in [-0.4, -0.2) is 14.9 Å². The molecule has 0 amide bonds. The van der Waals surface area contributed by atoms with Gasteiger partial charge in [0.2, 0.25) is 0 Å². The molecule has 1 aromatic heterocycles. The maximum atomic E-state index is 10.7. The standard InChI is InChI=1S/C12H14N4O2/c1-9(15-8-12-13-5-6-14-12)10-3-2-4-11(7-10)16(17)18/h2-7,9,15H,8H2,1H3,(H,13,14). The average Bonchev–Trinajstić information content (AvgIpc) is 2.89. The summed E-state index contributed by atoms with van der Waals surface area (Å²) in [6.45, 7) is 2.55. The van der Waals surface area contributed by atoms with Gasteiger partial charge in [-0.2, -0.15) is 0 Å². The summed E-state index contributed by atoms with van der Waals surface area (Å²) in [5.41, 5.74) is 0.995. The number of nitrogens with zero attached hydrogens (tertiary/aromatic N) is 2. The molecule has 0 aliphatic carbocycles. The van der Waals surface area contributed by atoms with Crippen molar-refractivity contribution in [3.63, 3.8) is 0 Å². The van der Waals surface area contributed by atoms with Crippen LogP contribution < -0.4 is 5.32 Å². The van der Waals surface area contributed by atoms with Crippen LogP contribution in [0.15, 0.2) is 36.7 Å². The highest BCUT2D eigenvalue weighted by molar-refractivity contribution is 5.35. The molecule has 0 spiro atoms. The van der Waals surface area contributed by atoms with Gasteiger partial charge in [-0.25, -0.2) is 4.98 Å². The normalized spacial score (nSPS) is 12.3. The van der Waals surface area contributed by atoms with Crippen molar-refractivity contribution in [3.8, 4) is 0 Å². The molecule has 1 aromatic carbocycles. The first-order valence-electron chi connectivity index (χ1n) is 5.63. The minimum absolute atomic E-state index is 0.0231. The molecule has 0 saturated carbocycles. The summed E-state index contributed by atoms with van der Waals surface area (Å²) in [6.07, 6.45) is 3.45. The largest absolute Gasteiger partial charge is 0.348 e. The van der Waals surface area contributed by atoms with Crippen LogP contribution in [0.2, 0.25) is 0 Å². The number of imidazole rings is 1. The van der Waals surface area contributed by atoms with Gasteiger partial charge < -0.3 is 10.3 Å². The third-order valence-electron chi connectivity index (χ3n) is 2.71. The Labute approximate surface area is 104 Å². The Morgan fingerprint density at radius 3 is 3.06 bits per heavy atom. The predicted octanol–water partition coefficient (Wildman–Crippen LogP) is 2.17. The van der Waals surface area contributed by atoms with Gasteiger partial charge in [0.25, 0.3) is 5.69 Å². The molecule has 0 aliphatic rings. The topological polar surface area (TPSA) is 83.8 Å². The van der Waals surface area contributed by atoms with E-state index in [1.165, 1.54) is 6.07 Å². The lowest BCUT2D eigenvalue weighted by atomic mass is 10.1. The third-order valence-corrected chi connectivity index (χ3v) is 2.71. The van der Waals surface area contributed by atoms with Crippen molar-refractivity contribution in [1.29, 1.82) is 0 Å². The van der Waals surface area contributed by atoms with Gasteiger partial charge in [-0.3, -0.25) is 10.1 Å². The number of hydrogen-bond acceptors (Lipinski definition) is 4. The average molecular weight is 246 g/mol. The molecule has 2 aromatic rings. The van der Waals surface area contributed by atoms with Crippen LogP contribution in [0.1, 0.15) is 24.4 Å². The van der Waals surface area contributed by atoms with Crippen LogP contribution in [0.3, 0.4) is 0 Å². The summed E-state index contributed by atoms with van der Waals surface area (Å²) in [6, 6.07) is 6.66. The SMILES string of the molecule is CC(NCc1ncc[nH]1)c1cccc([N+](=O)[O-])c1. The fourth-order valence-corrected chi connectivity index (χ4v) is 1.67. The molecule has 6 nitrogen and oxygen atoms in total. The second-order valence-corrected chi connectivity index (χ2v) is 3.99. The maximum Gasteiger partial charge on any atom is 0.269 e. The van der Waals surface area contributed by atoms with E-state index >= 15 is 0 Å². The van der Waals surface area contributed by atoms with Gasteiger partial charge in [-0.05, 0) is 12.5 Å². The minimum Gasteiger partial charge on any atom is -0.348 e. The van der Waals surface area contributed by atoms with E-state index < -0.39 is 0 Å². The van der Waals surface area contributed by atoms with Crippen LogP contribution in [-0.2, 0) is 6.54 Å². The number of aromatic nitrogens is 2. The van der Waals surface area contributed by atoms with Gasteiger partial charge in [-0.15, -0.1) is 0 Å². The zero-order valence-electron chi connectivity index (χ0n) is 9.96. The molecule has 18 heavy (non-hydrogen) atoms.